The van der Waals surface area contributed by atoms with Crippen molar-refractivity contribution in [2.75, 3.05) is 19.6 Å². The number of thiazole rings is 1. The fraction of sp³-hybridized carbons (Fsp3) is 0.625. The molecule has 2 N–H and O–H groups in total. The van der Waals surface area contributed by atoms with E-state index in [1.54, 1.807) is 6.08 Å². The Morgan fingerprint density at radius 1 is 1.45 bits per heavy atom. The molecule has 2 rings (SSSR count). The van der Waals surface area contributed by atoms with Gasteiger partial charge in [-0.05, 0) is 25.3 Å². The van der Waals surface area contributed by atoms with Crippen LogP contribution in [0.15, 0.2) is 18.0 Å². The van der Waals surface area contributed by atoms with Crippen molar-refractivity contribution >= 4 is 29.7 Å². The third kappa shape index (κ3) is 5.38. The van der Waals surface area contributed by atoms with Gasteiger partial charge in [0.15, 0.2) is 0 Å². The summed E-state index contributed by atoms with van der Waals surface area (Å²) in [5, 5.41) is 2.79. The number of halogens is 1. The van der Waals surface area contributed by atoms with Gasteiger partial charge in [-0.15, -0.1) is 30.3 Å². The normalized spacial score (nSPS) is 15.1. The number of nitrogens with two attached hydrogens (primary N) is 1. The molecule has 0 bridgehead atoms. The van der Waals surface area contributed by atoms with Crippen LogP contribution in [0.2, 0.25) is 0 Å². The first kappa shape index (κ1) is 19.1. The largest absolute Gasteiger partial charge is 0.333 e. The minimum absolute atomic E-state index is 0. The van der Waals surface area contributed by atoms with Gasteiger partial charge in [-0.3, -0.25) is 4.79 Å². The van der Waals surface area contributed by atoms with E-state index in [0.29, 0.717) is 24.7 Å². The van der Waals surface area contributed by atoms with E-state index in [1.165, 1.54) is 43.4 Å². The van der Waals surface area contributed by atoms with E-state index in [9.17, 15) is 4.79 Å². The van der Waals surface area contributed by atoms with Crippen LogP contribution in [-0.2, 0) is 6.42 Å². The molecule has 0 atom stereocenters. The van der Waals surface area contributed by atoms with E-state index < -0.39 is 0 Å². The Morgan fingerprint density at radius 3 is 2.82 bits per heavy atom. The van der Waals surface area contributed by atoms with Gasteiger partial charge in [-0.2, -0.15) is 0 Å². The molecule has 4 nitrogen and oxygen atoms in total. The highest BCUT2D eigenvalue weighted by atomic mass is 35.5. The molecule has 0 unspecified atom stereocenters. The van der Waals surface area contributed by atoms with Crippen LogP contribution in [0.25, 0.3) is 0 Å². The number of carbonyl (C=O) groups is 1. The van der Waals surface area contributed by atoms with E-state index in [1.807, 2.05) is 10.3 Å². The first-order valence-corrected chi connectivity index (χ1v) is 8.67. The molecule has 1 aliphatic rings. The van der Waals surface area contributed by atoms with E-state index in [4.69, 9.17) is 5.73 Å². The molecule has 0 aromatic carbocycles. The predicted molar refractivity (Wildman–Crippen MR) is 94.8 cm³/mol. The van der Waals surface area contributed by atoms with Crippen molar-refractivity contribution in [1.82, 2.24) is 9.88 Å². The highest BCUT2D eigenvalue weighted by Gasteiger charge is 2.22. The van der Waals surface area contributed by atoms with Crippen molar-refractivity contribution in [3.05, 3.63) is 28.7 Å². The Bertz CT molecular complexity index is 472. The van der Waals surface area contributed by atoms with Crippen LogP contribution >= 0.6 is 23.7 Å². The second-order valence-electron chi connectivity index (χ2n) is 5.67. The molecule has 0 saturated heterocycles. The molecule has 124 valence electrons. The van der Waals surface area contributed by atoms with Gasteiger partial charge in [0.25, 0.3) is 5.91 Å². The molecular formula is C16H26ClN3OS. The van der Waals surface area contributed by atoms with Crippen molar-refractivity contribution in [1.29, 1.82) is 0 Å². The maximum Gasteiger partial charge on any atom is 0.273 e. The second kappa shape index (κ2) is 9.98. The van der Waals surface area contributed by atoms with Gasteiger partial charge in [-0.1, -0.05) is 25.3 Å². The SMILES string of the molecule is C=CCN(CC1CCCCC1)C(=O)c1csc(CCN)n1.Cl. The van der Waals surface area contributed by atoms with Gasteiger partial charge in [0.2, 0.25) is 0 Å². The third-order valence-electron chi connectivity index (χ3n) is 3.97. The quantitative estimate of drug-likeness (QED) is 0.773. The smallest absolute Gasteiger partial charge is 0.273 e. The Hall–Kier alpha value is -0.910. The van der Waals surface area contributed by atoms with Crippen LogP contribution in [0.5, 0.6) is 0 Å². The van der Waals surface area contributed by atoms with Crippen molar-refractivity contribution < 1.29 is 4.79 Å². The van der Waals surface area contributed by atoms with Crippen molar-refractivity contribution in [2.24, 2.45) is 11.7 Å². The van der Waals surface area contributed by atoms with Crippen LogP contribution in [0, 0.1) is 5.92 Å². The van der Waals surface area contributed by atoms with Crippen LogP contribution in [-0.4, -0.2) is 35.4 Å². The van der Waals surface area contributed by atoms with Gasteiger partial charge >= 0.3 is 0 Å². The van der Waals surface area contributed by atoms with Crippen LogP contribution in [0.1, 0.15) is 47.6 Å². The van der Waals surface area contributed by atoms with Crippen LogP contribution < -0.4 is 5.73 Å². The zero-order chi connectivity index (χ0) is 15.1. The van der Waals surface area contributed by atoms with Gasteiger partial charge in [0, 0.05) is 24.9 Å². The lowest BCUT2D eigenvalue weighted by molar-refractivity contribution is 0.0730. The van der Waals surface area contributed by atoms with Gasteiger partial charge < -0.3 is 10.6 Å². The summed E-state index contributed by atoms with van der Waals surface area (Å²) >= 11 is 1.52. The predicted octanol–water partition coefficient (Wildman–Crippen LogP) is 3.27. The minimum Gasteiger partial charge on any atom is -0.333 e. The summed E-state index contributed by atoms with van der Waals surface area (Å²) in [6.45, 7) is 5.77. The molecular weight excluding hydrogens is 318 g/mol. The van der Waals surface area contributed by atoms with Crippen molar-refractivity contribution in [2.45, 2.75) is 38.5 Å². The highest BCUT2D eigenvalue weighted by Crippen LogP contribution is 2.25. The standard InChI is InChI=1S/C16H25N3OS.ClH/c1-2-10-19(11-13-6-4-3-5-7-13)16(20)14-12-21-15(18-14)8-9-17;/h2,12-13H,1,3-11,17H2;1H. The highest BCUT2D eigenvalue weighted by molar-refractivity contribution is 7.09. The summed E-state index contributed by atoms with van der Waals surface area (Å²) in [4.78, 5) is 18.9. The molecule has 0 aliphatic heterocycles. The average Bonchev–Trinajstić information content (AvgIpc) is 2.96. The van der Waals surface area contributed by atoms with E-state index in [0.717, 1.165) is 18.0 Å². The lowest BCUT2D eigenvalue weighted by atomic mass is 9.89. The molecule has 1 saturated carbocycles. The fourth-order valence-electron chi connectivity index (χ4n) is 2.89. The average molecular weight is 344 g/mol. The monoisotopic (exact) mass is 343 g/mol. The summed E-state index contributed by atoms with van der Waals surface area (Å²) in [6, 6.07) is 0. The van der Waals surface area contributed by atoms with Crippen molar-refractivity contribution in [3.63, 3.8) is 0 Å². The molecule has 6 heteroatoms. The molecule has 1 aromatic rings. The number of rotatable bonds is 7. The fourth-order valence-corrected chi connectivity index (χ4v) is 3.67. The molecule has 1 aromatic heterocycles. The van der Waals surface area contributed by atoms with E-state index >= 15 is 0 Å². The third-order valence-corrected chi connectivity index (χ3v) is 4.88. The zero-order valence-electron chi connectivity index (χ0n) is 13.0. The Labute approximate surface area is 143 Å². The van der Waals surface area contributed by atoms with E-state index in [-0.39, 0.29) is 18.3 Å². The Balaban J connectivity index is 0.00000242. The lowest BCUT2D eigenvalue weighted by Gasteiger charge is -2.28. The summed E-state index contributed by atoms with van der Waals surface area (Å²) in [6.07, 6.45) is 8.92. The lowest BCUT2D eigenvalue weighted by Crippen LogP contribution is -2.36. The number of carbonyl (C=O) groups excluding carboxylic acids is 1. The number of nitrogens with zero attached hydrogens (tertiary/aromatic N) is 2. The topological polar surface area (TPSA) is 59.2 Å². The van der Waals surface area contributed by atoms with Gasteiger partial charge in [0.05, 0.1) is 5.01 Å². The summed E-state index contributed by atoms with van der Waals surface area (Å²) in [5.41, 5.74) is 6.09. The first-order chi connectivity index (χ1) is 10.2. The molecule has 1 aliphatic carbocycles. The van der Waals surface area contributed by atoms with E-state index in [2.05, 4.69) is 11.6 Å². The maximum atomic E-state index is 12.6. The van der Waals surface area contributed by atoms with Crippen LogP contribution in [0.3, 0.4) is 0 Å². The molecule has 1 amide bonds. The van der Waals surface area contributed by atoms with Gasteiger partial charge in [0.1, 0.15) is 5.69 Å². The maximum absolute atomic E-state index is 12.6. The number of hydrogen-bond acceptors (Lipinski definition) is 4. The Kier molecular flexibility index (Phi) is 8.68. The second-order valence-corrected chi connectivity index (χ2v) is 6.61. The Morgan fingerprint density at radius 2 is 2.18 bits per heavy atom. The molecule has 0 spiro atoms. The number of hydrogen-bond donors (Lipinski definition) is 1. The molecule has 1 fully saturated rings. The minimum atomic E-state index is 0. The van der Waals surface area contributed by atoms with Gasteiger partial charge in [-0.25, -0.2) is 4.98 Å². The first-order valence-electron chi connectivity index (χ1n) is 7.79. The molecule has 1 heterocycles. The molecule has 0 radical (unpaired) electrons. The van der Waals surface area contributed by atoms with Crippen molar-refractivity contribution in [3.8, 4) is 0 Å². The molecule has 22 heavy (non-hydrogen) atoms. The van der Waals surface area contributed by atoms with Crippen LogP contribution in [0.4, 0.5) is 0 Å². The summed E-state index contributed by atoms with van der Waals surface area (Å²) in [5.74, 6) is 0.657. The number of amides is 1. The number of aromatic nitrogens is 1. The summed E-state index contributed by atoms with van der Waals surface area (Å²) in [7, 11) is 0. The zero-order valence-corrected chi connectivity index (χ0v) is 14.6. The summed E-state index contributed by atoms with van der Waals surface area (Å²) < 4.78 is 0.